The van der Waals surface area contributed by atoms with Crippen LogP contribution >= 0.6 is 7.14 Å². The van der Waals surface area contributed by atoms with Gasteiger partial charge >= 0.3 is 0 Å². The van der Waals surface area contributed by atoms with Crippen LogP contribution in [0.2, 0.25) is 0 Å². The summed E-state index contributed by atoms with van der Waals surface area (Å²) in [5.74, 6) is 0. The molecule has 56 heavy (non-hydrogen) atoms. The summed E-state index contributed by atoms with van der Waals surface area (Å²) in [6.45, 7) is 3.66. The summed E-state index contributed by atoms with van der Waals surface area (Å²) < 4.78 is 13.0. The summed E-state index contributed by atoms with van der Waals surface area (Å²) >= 11 is 0. The Balaban J connectivity index is 1.11. The van der Waals surface area contributed by atoms with Gasteiger partial charge in [0.15, 0.2) is 0 Å². The van der Waals surface area contributed by atoms with Crippen molar-refractivity contribution in [2.45, 2.75) is 18.5 Å². The van der Waals surface area contributed by atoms with E-state index in [2.05, 4.69) is 186 Å². The van der Waals surface area contributed by atoms with E-state index in [0.717, 1.165) is 22.0 Å². The van der Waals surface area contributed by atoms with E-state index < -0.39 is 7.14 Å². The van der Waals surface area contributed by atoms with Crippen LogP contribution in [0.1, 0.15) is 35.2 Å². The molecule has 9 aromatic carbocycles. The molecule has 0 spiro atoms. The Bertz CT molecular complexity index is 2990. The van der Waals surface area contributed by atoms with Gasteiger partial charge in [-0.1, -0.05) is 164 Å². The second-order valence-corrected chi connectivity index (χ2v) is 18.6. The standard InChI is InChI=1S/C51H42N3OP/c1-56(2,55)39-21-13-19-36(31-39)35-18-12-20-38(30-35)50-52-49(34-15-4-3-5-16-34)53-51(54-50)46-29-28-44(42-24-10-11-25-43(42)46)48-41-23-9-7-17-37(41)32-47-40-22-8-6-14-33(40)26-27-45(47)48/h3-32,49-54H,1-2H3. The first-order valence-electron chi connectivity index (χ1n) is 19.3. The summed E-state index contributed by atoms with van der Waals surface area (Å²) in [5, 5.41) is 22.6. The lowest BCUT2D eigenvalue weighted by atomic mass is 9.86. The van der Waals surface area contributed by atoms with Gasteiger partial charge in [0.25, 0.3) is 0 Å². The monoisotopic (exact) mass is 743 g/mol. The lowest BCUT2D eigenvalue weighted by molar-refractivity contribution is 0.204. The molecular weight excluding hydrogens is 702 g/mol. The molecular formula is C51H42N3OP. The van der Waals surface area contributed by atoms with Gasteiger partial charge in [0, 0.05) is 5.30 Å². The van der Waals surface area contributed by atoms with E-state index in [9.17, 15) is 4.57 Å². The molecule has 10 rings (SSSR count). The zero-order valence-electron chi connectivity index (χ0n) is 31.4. The van der Waals surface area contributed by atoms with Crippen molar-refractivity contribution in [3.63, 3.8) is 0 Å². The molecule has 1 heterocycles. The fourth-order valence-electron chi connectivity index (χ4n) is 8.68. The van der Waals surface area contributed by atoms with Crippen LogP contribution in [-0.4, -0.2) is 13.3 Å². The average molecular weight is 744 g/mol. The van der Waals surface area contributed by atoms with Crippen molar-refractivity contribution in [1.29, 1.82) is 0 Å². The third-order valence-corrected chi connectivity index (χ3v) is 13.0. The molecule has 1 saturated heterocycles. The molecule has 3 atom stereocenters. The fraction of sp³-hybridized carbons (Fsp3) is 0.0980. The van der Waals surface area contributed by atoms with Gasteiger partial charge in [0.1, 0.15) is 7.14 Å². The minimum atomic E-state index is -2.40. The number of rotatable bonds is 6. The highest BCUT2D eigenvalue weighted by Crippen LogP contribution is 2.43. The van der Waals surface area contributed by atoms with E-state index in [1.807, 2.05) is 25.5 Å². The van der Waals surface area contributed by atoms with Crippen LogP contribution in [0.15, 0.2) is 182 Å². The smallest absolute Gasteiger partial charge is 0.109 e. The Hall–Kier alpha value is -5.87. The highest BCUT2D eigenvalue weighted by Gasteiger charge is 2.31. The molecule has 4 nitrogen and oxygen atoms in total. The minimum absolute atomic E-state index is 0.112. The van der Waals surface area contributed by atoms with Gasteiger partial charge in [-0.25, -0.2) is 0 Å². The lowest BCUT2D eigenvalue weighted by Gasteiger charge is -2.40. The molecule has 3 unspecified atom stereocenters. The molecule has 5 heteroatoms. The Morgan fingerprint density at radius 1 is 0.411 bits per heavy atom. The van der Waals surface area contributed by atoms with E-state index >= 15 is 0 Å². The maximum absolute atomic E-state index is 13.0. The molecule has 0 amide bonds. The van der Waals surface area contributed by atoms with Crippen LogP contribution in [0.5, 0.6) is 0 Å². The van der Waals surface area contributed by atoms with Gasteiger partial charge in [-0.3, -0.25) is 16.0 Å². The number of nitrogens with one attached hydrogen (secondary N) is 3. The molecule has 0 bridgehead atoms. The molecule has 0 saturated carbocycles. The van der Waals surface area contributed by atoms with E-state index in [4.69, 9.17) is 0 Å². The maximum atomic E-state index is 13.0. The highest BCUT2D eigenvalue weighted by molar-refractivity contribution is 7.70. The van der Waals surface area contributed by atoms with Gasteiger partial charge in [0.05, 0.1) is 18.5 Å². The zero-order valence-corrected chi connectivity index (χ0v) is 32.3. The Labute approximate surface area is 327 Å². The summed E-state index contributed by atoms with van der Waals surface area (Å²) in [6.07, 6.45) is -0.442. The molecule has 1 fully saturated rings. The van der Waals surface area contributed by atoms with Crippen molar-refractivity contribution in [2.24, 2.45) is 0 Å². The SMILES string of the molecule is CP(C)(=O)c1cccc(-c2cccc(C3NC(c4ccccc4)NC(c4ccc(-c5c6ccccc6cc6c5ccc5ccccc56)c5ccccc45)N3)c2)c1. The van der Waals surface area contributed by atoms with Crippen molar-refractivity contribution in [3.8, 4) is 22.3 Å². The zero-order chi connectivity index (χ0) is 37.8. The predicted molar refractivity (Wildman–Crippen MR) is 237 cm³/mol. The number of hydrogen-bond donors (Lipinski definition) is 3. The second kappa shape index (κ2) is 14.0. The largest absolute Gasteiger partial charge is 0.319 e. The van der Waals surface area contributed by atoms with Crippen LogP contribution in [0.3, 0.4) is 0 Å². The molecule has 1 aliphatic heterocycles. The van der Waals surface area contributed by atoms with Crippen LogP contribution in [0.4, 0.5) is 0 Å². The third kappa shape index (κ3) is 6.22. The average Bonchev–Trinajstić information content (AvgIpc) is 3.25. The quantitative estimate of drug-likeness (QED) is 0.0902. The molecule has 272 valence electrons. The Morgan fingerprint density at radius 3 is 1.80 bits per heavy atom. The highest BCUT2D eigenvalue weighted by atomic mass is 31.2. The molecule has 0 radical (unpaired) electrons. The Morgan fingerprint density at radius 2 is 1.02 bits per heavy atom. The summed E-state index contributed by atoms with van der Waals surface area (Å²) in [4.78, 5) is 0. The summed E-state index contributed by atoms with van der Waals surface area (Å²) in [5.41, 5.74) is 8.15. The summed E-state index contributed by atoms with van der Waals surface area (Å²) in [6, 6.07) is 65.4. The molecule has 9 aromatic rings. The van der Waals surface area contributed by atoms with Crippen molar-refractivity contribution in [2.75, 3.05) is 13.3 Å². The van der Waals surface area contributed by atoms with E-state index in [1.54, 1.807) is 0 Å². The number of fused-ring (bicyclic) bond motifs is 5. The normalized spacial score (nSPS) is 17.5. The van der Waals surface area contributed by atoms with Crippen LogP contribution < -0.4 is 21.3 Å². The topological polar surface area (TPSA) is 53.2 Å². The van der Waals surface area contributed by atoms with Crippen LogP contribution in [0, 0.1) is 0 Å². The van der Waals surface area contributed by atoms with E-state index in [-0.39, 0.29) is 18.5 Å². The van der Waals surface area contributed by atoms with Crippen LogP contribution in [-0.2, 0) is 4.57 Å². The van der Waals surface area contributed by atoms with E-state index in [0.29, 0.717) is 0 Å². The van der Waals surface area contributed by atoms with Gasteiger partial charge in [-0.2, -0.15) is 0 Å². The van der Waals surface area contributed by atoms with Crippen molar-refractivity contribution < 1.29 is 4.57 Å². The number of hydrogen-bond acceptors (Lipinski definition) is 4. The summed E-state index contributed by atoms with van der Waals surface area (Å²) in [7, 11) is -2.40. The second-order valence-electron chi connectivity index (χ2n) is 15.3. The van der Waals surface area contributed by atoms with Crippen molar-refractivity contribution in [1.82, 2.24) is 16.0 Å². The third-order valence-electron chi connectivity index (χ3n) is 11.5. The molecule has 1 aliphatic rings. The van der Waals surface area contributed by atoms with Gasteiger partial charge < -0.3 is 4.57 Å². The molecule has 0 aliphatic carbocycles. The molecule has 3 N–H and O–H groups in total. The predicted octanol–water partition coefficient (Wildman–Crippen LogP) is 12.1. The maximum Gasteiger partial charge on any atom is 0.109 e. The molecule has 0 aromatic heterocycles. The van der Waals surface area contributed by atoms with Gasteiger partial charge in [-0.05, 0) is 114 Å². The number of benzene rings is 9. The first-order valence-corrected chi connectivity index (χ1v) is 21.9. The first kappa shape index (κ1) is 34.6. The van der Waals surface area contributed by atoms with Crippen LogP contribution in [0.25, 0.3) is 65.3 Å². The van der Waals surface area contributed by atoms with Crippen molar-refractivity contribution >= 4 is 55.5 Å². The van der Waals surface area contributed by atoms with Gasteiger partial charge in [-0.15, -0.1) is 0 Å². The first-order chi connectivity index (χ1) is 27.4. The van der Waals surface area contributed by atoms with E-state index in [1.165, 1.54) is 65.3 Å². The Kier molecular flexibility index (Phi) is 8.66. The van der Waals surface area contributed by atoms with Crippen molar-refractivity contribution in [3.05, 3.63) is 199 Å². The lowest BCUT2D eigenvalue weighted by Crippen LogP contribution is -2.54. The minimum Gasteiger partial charge on any atom is -0.319 e. The van der Waals surface area contributed by atoms with Gasteiger partial charge in [0.2, 0.25) is 0 Å². The fourth-order valence-corrected chi connectivity index (χ4v) is 9.57.